The number of hydrogen-bond donors (Lipinski definition) is 1. The molecule has 1 unspecified atom stereocenters. The van der Waals surface area contributed by atoms with Crippen molar-refractivity contribution < 1.29 is 17.9 Å². The maximum Gasteiger partial charge on any atom is 0.573 e. The van der Waals surface area contributed by atoms with Crippen molar-refractivity contribution in [2.24, 2.45) is 0 Å². The van der Waals surface area contributed by atoms with E-state index in [4.69, 9.17) is 0 Å². The van der Waals surface area contributed by atoms with Gasteiger partial charge in [0, 0.05) is 22.9 Å². The summed E-state index contributed by atoms with van der Waals surface area (Å²) < 4.78 is 41.4. The summed E-state index contributed by atoms with van der Waals surface area (Å²) in [5.41, 5.74) is 0.501. The van der Waals surface area contributed by atoms with Gasteiger partial charge in [0.15, 0.2) is 0 Å². The maximum atomic E-state index is 12.4. The number of alkyl halides is 3. The van der Waals surface area contributed by atoms with Gasteiger partial charge < -0.3 is 10.1 Å². The van der Waals surface area contributed by atoms with Crippen LogP contribution in [0.15, 0.2) is 41.8 Å². The lowest BCUT2D eigenvalue weighted by Crippen LogP contribution is -2.23. The first-order valence-corrected chi connectivity index (χ1v) is 6.92. The molecular formula is C14H14F3NOS. The van der Waals surface area contributed by atoms with Crippen LogP contribution in [-0.2, 0) is 6.42 Å². The number of nitrogens with one attached hydrogen (secondary N) is 1. The number of rotatable bonds is 5. The highest BCUT2D eigenvalue weighted by molar-refractivity contribution is 7.09. The highest BCUT2D eigenvalue weighted by Crippen LogP contribution is 2.32. The Hall–Kier alpha value is -1.53. The van der Waals surface area contributed by atoms with E-state index in [-0.39, 0.29) is 11.8 Å². The van der Waals surface area contributed by atoms with Crippen LogP contribution in [-0.4, -0.2) is 13.4 Å². The van der Waals surface area contributed by atoms with Gasteiger partial charge in [0.25, 0.3) is 0 Å². The first-order chi connectivity index (χ1) is 9.49. The van der Waals surface area contributed by atoms with Gasteiger partial charge in [-0.25, -0.2) is 0 Å². The molecule has 0 aliphatic heterocycles. The van der Waals surface area contributed by atoms with Crippen LogP contribution in [0.3, 0.4) is 0 Å². The second kappa shape index (κ2) is 6.28. The maximum absolute atomic E-state index is 12.4. The molecule has 1 aromatic carbocycles. The SMILES string of the molecule is CNC(Cc1cccs1)c1ccccc1OC(F)(F)F. The zero-order chi connectivity index (χ0) is 14.6. The average molecular weight is 301 g/mol. The lowest BCUT2D eigenvalue weighted by atomic mass is 10.0. The summed E-state index contributed by atoms with van der Waals surface area (Å²) >= 11 is 1.58. The lowest BCUT2D eigenvalue weighted by molar-refractivity contribution is -0.275. The fourth-order valence-electron chi connectivity index (χ4n) is 1.98. The van der Waals surface area contributed by atoms with Crippen LogP contribution in [0.1, 0.15) is 16.5 Å². The number of hydrogen-bond acceptors (Lipinski definition) is 3. The molecule has 0 aliphatic carbocycles. The number of para-hydroxylation sites is 1. The van der Waals surface area contributed by atoms with Crippen LogP contribution in [0.5, 0.6) is 5.75 Å². The lowest BCUT2D eigenvalue weighted by Gasteiger charge is -2.20. The van der Waals surface area contributed by atoms with E-state index in [1.807, 2.05) is 17.5 Å². The quantitative estimate of drug-likeness (QED) is 0.896. The molecule has 1 heterocycles. The van der Waals surface area contributed by atoms with Crippen LogP contribution >= 0.6 is 11.3 Å². The molecule has 6 heteroatoms. The van der Waals surface area contributed by atoms with Gasteiger partial charge in [-0.1, -0.05) is 24.3 Å². The molecule has 0 saturated heterocycles. The Kier molecular flexibility index (Phi) is 4.67. The van der Waals surface area contributed by atoms with E-state index in [9.17, 15) is 13.2 Å². The van der Waals surface area contributed by atoms with Crippen LogP contribution in [0.2, 0.25) is 0 Å². The van der Waals surface area contributed by atoms with Crippen LogP contribution in [0.25, 0.3) is 0 Å². The van der Waals surface area contributed by atoms with E-state index in [0.717, 1.165) is 4.88 Å². The monoisotopic (exact) mass is 301 g/mol. The van der Waals surface area contributed by atoms with E-state index in [1.165, 1.54) is 12.1 Å². The smallest absolute Gasteiger partial charge is 0.405 e. The van der Waals surface area contributed by atoms with Crippen molar-refractivity contribution in [1.82, 2.24) is 5.32 Å². The second-order valence-electron chi connectivity index (χ2n) is 4.21. The van der Waals surface area contributed by atoms with Gasteiger partial charge in [0.05, 0.1) is 0 Å². The third kappa shape index (κ3) is 3.98. The number of thiophene rings is 1. The Morgan fingerprint density at radius 1 is 1.20 bits per heavy atom. The molecule has 0 amide bonds. The average Bonchev–Trinajstić information content (AvgIpc) is 2.88. The van der Waals surface area contributed by atoms with Crippen molar-refractivity contribution in [1.29, 1.82) is 0 Å². The minimum absolute atomic E-state index is 0.157. The molecule has 1 N–H and O–H groups in total. The van der Waals surface area contributed by atoms with E-state index in [1.54, 1.807) is 30.5 Å². The van der Waals surface area contributed by atoms with Crippen molar-refractivity contribution in [2.75, 3.05) is 7.05 Å². The van der Waals surface area contributed by atoms with Gasteiger partial charge in [0.1, 0.15) is 5.75 Å². The first kappa shape index (κ1) is 14.9. The van der Waals surface area contributed by atoms with Crippen molar-refractivity contribution >= 4 is 11.3 Å². The number of likely N-dealkylation sites (N-methyl/N-ethyl adjacent to an activating group) is 1. The minimum atomic E-state index is -4.68. The number of benzene rings is 1. The molecule has 1 atom stereocenters. The fourth-order valence-corrected chi connectivity index (χ4v) is 2.74. The van der Waals surface area contributed by atoms with Gasteiger partial charge in [-0.15, -0.1) is 24.5 Å². The topological polar surface area (TPSA) is 21.3 Å². The first-order valence-electron chi connectivity index (χ1n) is 6.04. The Labute approximate surface area is 119 Å². The minimum Gasteiger partial charge on any atom is -0.405 e. The van der Waals surface area contributed by atoms with Gasteiger partial charge in [-0.2, -0.15) is 0 Å². The van der Waals surface area contributed by atoms with Crippen molar-refractivity contribution in [2.45, 2.75) is 18.8 Å². The highest BCUT2D eigenvalue weighted by atomic mass is 32.1. The molecule has 108 valence electrons. The van der Waals surface area contributed by atoms with Crippen LogP contribution in [0, 0.1) is 0 Å². The fraction of sp³-hybridized carbons (Fsp3) is 0.286. The van der Waals surface area contributed by atoms with Gasteiger partial charge in [-0.05, 0) is 24.6 Å². The zero-order valence-electron chi connectivity index (χ0n) is 10.8. The standard InChI is InChI=1S/C14H14F3NOS/c1-18-12(9-10-5-4-8-20-10)11-6-2-3-7-13(11)19-14(15,16)17/h2-8,12,18H,9H2,1H3. The van der Waals surface area contributed by atoms with Crippen molar-refractivity contribution in [3.05, 3.63) is 52.2 Å². The van der Waals surface area contributed by atoms with Gasteiger partial charge in [0.2, 0.25) is 0 Å². The van der Waals surface area contributed by atoms with Crippen molar-refractivity contribution in [3.8, 4) is 5.75 Å². The Morgan fingerprint density at radius 2 is 1.95 bits per heavy atom. The van der Waals surface area contributed by atoms with E-state index in [0.29, 0.717) is 12.0 Å². The third-order valence-corrected chi connectivity index (χ3v) is 3.75. The summed E-state index contributed by atoms with van der Waals surface area (Å²) in [5.74, 6) is -0.157. The molecular weight excluding hydrogens is 287 g/mol. The molecule has 0 fully saturated rings. The molecule has 2 aromatic rings. The van der Waals surface area contributed by atoms with Gasteiger partial charge in [-0.3, -0.25) is 0 Å². The third-order valence-electron chi connectivity index (χ3n) is 2.85. The summed E-state index contributed by atoms with van der Waals surface area (Å²) in [6, 6.07) is 9.87. The van der Waals surface area contributed by atoms with E-state index >= 15 is 0 Å². The summed E-state index contributed by atoms with van der Waals surface area (Å²) in [7, 11) is 1.72. The normalized spacial score (nSPS) is 13.2. The van der Waals surface area contributed by atoms with Crippen LogP contribution in [0.4, 0.5) is 13.2 Å². The summed E-state index contributed by atoms with van der Waals surface area (Å²) in [5, 5.41) is 4.99. The molecule has 2 rings (SSSR count). The van der Waals surface area contributed by atoms with Crippen molar-refractivity contribution in [3.63, 3.8) is 0 Å². The molecule has 2 nitrogen and oxygen atoms in total. The molecule has 0 bridgehead atoms. The Bertz CT molecular complexity index is 540. The number of halogens is 3. The summed E-state index contributed by atoms with van der Waals surface area (Å²) in [4.78, 5) is 1.10. The van der Waals surface area contributed by atoms with Gasteiger partial charge >= 0.3 is 6.36 Å². The van der Waals surface area contributed by atoms with E-state index in [2.05, 4.69) is 10.1 Å². The Balaban J connectivity index is 2.25. The zero-order valence-corrected chi connectivity index (χ0v) is 11.6. The summed E-state index contributed by atoms with van der Waals surface area (Å²) in [6.45, 7) is 0. The molecule has 1 aromatic heterocycles. The second-order valence-corrected chi connectivity index (χ2v) is 5.24. The molecule has 0 aliphatic rings. The summed E-state index contributed by atoms with van der Waals surface area (Å²) in [6.07, 6.45) is -4.07. The predicted octanol–water partition coefficient (Wildman–Crippen LogP) is 4.15. The Morgan fingerprint density at radius 3 is 2.55 bits per heavy atom. The molecule has 20 heavy (non-hydrogen) atoms. The number of ether oxygens (including phenoxy) is 1. The molecule has 0 spiro atoms. The molecule has 0 radical (unpaired) electrons. The van der Waals surface area contributed by atoms with E-state index < -0.39 is 6.36 Å². The highest BCUT2D eigenvalue weighted by Gasteiger charge is 2.32. The largest absolute Gasteiger partial charge is 0.573 e. The van der Waals surface area contributed by atoms with Crippen LogP contribution < -0.4 is 10.1 Å². The predicted molar refractivity (Wildman–Crippen MR) is 72.9 cm³/mol. The molecule has 0 saturated carbocycles.